The van der Waals surface area contributed by atoms with Gasteiger partial charge in [0.2, 0.25) is 0 Å². The third kappa shape index (κ3) is 1.70. The van der Waals surface area contributed by atoms with Crippen molar-refractivity contribution < 1.29 is 0 Å². The smallest absolute Gasteiger partial charge is 0.114 e. The lowest BCUT2D eigenvalue weighted by molar-refractivity contribution is 1.16. The van der Waals surface area contributed by atoms with E-state index in [1.54, 1.807) is 0 Å². The number of hydrogen-bond acceptors (Lipinski definition) is 3. The maximum Gasteiger partial charge on any atom is 0.114 e. The summed E-state index contributed by atoms with van der Waals surface area (Å²) in [5.41, 5.74) is 8.01. The van der Waals surface area contributed by atoms with Crippen LogP contribution < -0.4 is 10.5 Å². The van der Waals surface area contributed by atoms with Crippen LogP contribution in [0.4, 0.5) is 0 Å². The zero-order valence-corrected chi connectivity index (χ0v) is 7.84. The summed E-state index contributed by atoms with van der Waals surface area (Å²) in [6.07, 6.45) is 2.02. The molecule has 0 aromatic heterocycles. The van der Waals surface area contributed by atoms with Crippen LogP contribution in [0.5, 0.6) is 0 Å². The third-order valence-corrected chi connectivity index (χ3v) is 2.46. The van der Waals surface area contributed by atoms with Crippen LogP contribution in [0.2, 0.25) is 0 Å². The summed E-state index contributed by atoms with van der Waals surface area (Å²) in [4.78, 5) is 0. The van der Waals surface area contributed by atoms with Crippen LogP contribution in [0.25, 0.3) is 5.57 Å². The van der Waals surface area contributed by atoms with Crippen LogP contribution in [-0.4, -0.2) is 0 Å². The molecule has 0 bridgehead atoms. The van der Waals surface area contributed by atoms with E-state index < -0.39 is 0 Å². The van der Waals surface area contributed by atoms with Gasteiger partial charge < -0.3 is 10.5 Å². The third-order valence-electron chi connectivity index (χ3n) is 1.85. The van der Waals surface area contributed by atoms with Gasteiger partial charge in [-0.3, -0.25) is 0 Å². The first-order valence-corrected chi connectivity index (χ1v) is 4.89. The first kappa shape index (κ1) is 8.26. The molecule has 0 saturated heterocycles. The van der Waals surface area contributed by atoms with Gasteiger partial charge in [-0.15, -0.1) is 0 Å². The molecule has 0 fully saturated rings. The molecule has 0 spiro atoms. The quantitative estimate of drug-likeness (QED) is 0.666. The van der Waals surface area contributed by atoms with E-state index in [2.05, 4.69) is 4.72 Å². The Labute approximate surface area is 81.7 Å². The number of allylic oxidation sites excluding steroid dienone is 2. The van der Waals surface area contributed by atoms with Gasteiger partial charge in [-0.2, -0.15) is 0 Å². The Kier molecular flexibility index (Phi) is 2.27. The second-order valence-electron chi connectivity index (χ2n) is 2.72. The van der Waals surface area contributed by atoms with Crippen LogP contribution in [0, 0.1) is 0 Å². The van der Waals surface area contributed by atoms with Crippen LogP contribution in [-0.2, 0) is 0 Å². The number of nitrogens with one attached hydrogen (secondary N) is 1. The van der Waals surface area contributed by atoms with E-state index in [1.807, 2.05) is 41.8 Å². The Balaban J connectivity index is 2.41. The van der Waals surface area contributed by atoms with Crippen LogP contribution in [0.15, 0.2) is 47.6 Å². The van der Waals surface area contributed by atoms with Gasteiger partial charge in [-0.05, 0) is 29.0 Å². The molecule has 0 atom stereocenters. The molecule has 0 saturated carbocycles. The highest BCUT2D eigenvalue weighted by Gasteiger charge is 2.05. The average Bonchev–Trinajstić information content (AvgIpc) is 2.20. The molecule has 0 aliphatic carbocycles. The Morgan fingerprint density at radius 3 is 2.62 bits per heavy atom. The van der Waals surface area contributed by atoms with Crippen molar-refractivity contribution in [1.82, 2.24) is 4.72 Å². The lowest BCUT2D eigenvalue weighted by Gasteiger charge is -2.12. The van der Waals surface area contributed by atoms with E-state index in [4.69, 9.17) is 5.73 Å². The van der Waals surface area contributed by atoms with E-state index in [0.29, 0.717) is 0 Å². The molecule has 3 heteroatoms. The topological polar surface area (TPSA) is 38.0 Å². The normalized spacial score (nSPS) is 15.7. The van der Waals surface area contributed by atoms with E-state index >= 15 is 0 Å². The van der Waals surface area contributed by atoms with Crippen molar-refractivity contribution in [2.75, 3.05) is 0 Å². The summed E-state index contributed by atoms with van der Waals surface area (Å²) in [5, 5.41) is 1.98. The Hall–Kier alpha value is -1.35. The van der Waals surface area contributed by atoms with Crippen molar-refractivity contribution in [3.8, 4) is 0 Å². The summed E-state index contributed by atoms with van der Waals surface area (Å²) in [7, 11) is 0. The molecule has 0 amide bonds. The average molecular weight is 190 g/mol. The summed E-state index contributed by atoms with van der Waals surface area (Å²) < 4.78 is 3.02. The van der Waals surface area contributed by atoms with Crippen LogP contribution in [0.3, 0.4) is 0 Å². The first-order valence-electron chi connectivity index (χ1n) is 4.01. The fraction of sp³-hybridized carbons (Fsp3) is 0. The van der Waals surface area contributed by atoms with E-state index in [-0.39, 0.29) is 0 Å². The summed E-state index contributed by atoms with van der Waals surface area (Å²) in [6, 6.07) is 10.1. The van der Waals surface area contributed by atoms with Gasteiger partial charge in [0.15, 0.2) is 0 Å². The van der Waals surface area contributed by atoms with Gasteiger partial charge in [0.1, 0.15) is 5.82 Å². The lowest BCUT2D eigenvalue weighted by Crippen LogP contribution is -2.16. The van der Waals surface area contributed by atoms with Gasteiger partial charge in [-0.25, -0.2) is 0 Å². The molecule has 66 valence electrons. The molecular formula is C10H10N2S. The maximum atomic E-state index is 5.81. The van der Waals surface area contributed by atoms with Crippen molar-refractivity contribution in [2.24, 2.45) is 5.73 Å². The second kappa shape index (κ2) is 3.58. The van der Waals surface area contributed by atoms with Crippen LogP contribution in [0.1, 0.15) is 5.56 Å². The maximum absolute atomic E-state index is 5.81. The van der Waals surface area contributed by atoms with Gasteiger partial charge in [0, 0.05) is 5.57 Å². The highest BCUT2D eigenvalue weighted by Crippen LogP contribution is 2.22. The number of nitrogens with two attached hydrogens (primary N) is 1. The Morgan fingerprint density at radius 1 is 1.15 bits per heavy atom. The van der Waals surface area contributed by atoms with Crippen molar-refractivity contribution in [3.05, 3.63) is 53.2 Å². The highest BCUT2D eigenvalue weighted by molar-refractivity contribution is 8.00. The molecule has 1 aromatic carbocycles. The van der Waals surface area contributed by atoms with Gasteiger partial charge >= 0.3 is 0 Å². The highest BCUT2D eigenvalue weighted by atomic mass is 32.2. The predicted molar refractivity (Wildman–Crippen MR) is 57.4 cm³/mol. The Morgan fingerprint density at radius 2 is 1.92 bits per heavy atom. The molecule has 1 heterocycles. The SMILES string of the molecule is NC1=C(c2ccccc2)C=CSN1. The van der Waals surface area contributed by atoms with E-state index in [1.165, 1.54) is 11.9 Å². The van der Waals surface area contributed by atoms with Gasteiger partial charge in [0.25, 0.3) is 0 Å². The summed E-state index contributed by atoms with van der Waals surface area (Å²) in [5.74, 6) is 0.721. The molecule has 0 unspecified atom stereocenters. The molecule has 2 nitrogen and oxygen atoms in total. The van der Waals surface area contributed by atoms with Crippen LogP contribution >= 0.6 is 11.9 Å². The number of benzene rings is 1. The first-order chi connectivity index (χ1) is 6.38. The lowest BCUT2D eigenvalue weighted by atomic mass is 10.1. The van der Waals surface area contributed by atoms with E-state index in [0.717, 1.165) is 17.0 Å². The molecule has 3 N–H and O–H groups in total. The van der Waals surface area contributed by atoms with Crippen molar-refractivity contribution in [1.29, 1.82) is 0 Å². The fourth-order valence-corrected chi connectivity index (χ4v) is 1.72. The Bertz CT molecular complexity index is 354. The minimum absolute atomic E-state index is 0.721. The summed E-state index contributed by atoms with van der Waals surface area (Å²) in [6.45, 7) is 0. The second-order valence-corrected chi connectivity index (χ2v) is 3.43. The van der Waals surface area contributed by atoms with E-state index in [9.17, 15) is 0 Å². The minimum atomic E-state index is 0.721. The molecule has 1 aromatic rings. The standard InChI is InChI=1S/C10H10N2S/c11-10-9(6-7-13-12-10)8-4-2-1-3-5-8/h1-7,12H,11H2. The zero-order valence-electron chi connectivity index (χ0n) is 7.03. The minimum Gasteiger partial charge on any atom is -0.384 e. The molecule has 1 aliphatic rings. The zero-order chi connectivity index (χ0) is 9.10. The van der Waals surface area contributed by atoms with Gasteiger partial charge in [0.05, 0.1) is 0 Å². The van der Waals surface area contributed by atoms with Crippen molar-refractivity contribution in [2.45, 2.75) is 0 Å². The molecule has 13 heavy (non-hydrogen) atoms. The monoisotopic (exact) mass is 190 g/mol. The largest absolute Gasteiger partial charge is 0.384 e. The fourth-order valence-electron chi connectivity index (χ4n) is 1.21. The predicted octanol–water partition coefficient (Wildman–Crippen LogP) is 2.08. The van der Waals surface area contributed by atoms with Crippen molar-refractivity contribution in [3.63, 3.8) is 0 Å². The molecule has 1 aliphatic heterocycles. The molecular weight excluding hydrogens is 180 g/mol. The molecule has 2 rings (SSSR count). The van der Waals surface area contributed by atoms with Gasteiger partial charge in [-0.1, -0.05) is 30.3 Å². The van der Waals surface area contributed by atoms with Crippen molar-refractivity contribution >= 4 is 17.5 Å². The summed E-state index contributed by atoms with van der Waals surface area (Å²) >= 11 is 1.49. The number of hydrogen-bond donors (Lipinski definition) is 2. The number of rotatable bonds is 1. The molecule has 0 radical (unpaired) electrons.